The molecule has 10 heteroatoms. The predicted octanol–water partition coefficient (Wildman–Crippen LogP) is 3.20. The topological polar surface area (TPSA) is 56.9 Å². The summed E-state index contributed by atoms with van der Waals surface area (Å²) in [5.41, 5.74) is 0.863. The molecule has 0 radical (unpaired) electrons. The molecule has 0 unspecified atom stereocenters. The van der Waals surface area contributed by atoms with Crippen molar-refractivity contribution in [1.29, 1.82) is 0 Å². The summed E-state index contributed by atoms with van der Waals surface area (Å²) in [7, 11) is 1.72. The molecule has 1 aromatic carbocycles. The zero-order valence-electron chi connectivity index (χ0n) is 15.4. The first-order valence-electron chi connectivity index (χ1n) is 8.69. The molecule has 3 rings (SSSR count). The van der Waals surface area contributed by atoms with Crippen LogP contribution >= 0.6 is 24.0 Å². The van der Waals surface area contributed by atoms with Gasteiger partial charge in [0.25, 0.3) is 0 Å². The molecule has 0 spiro atoms. The molecule has 0 amide bonds. The molecule has 1 aromatic heterocycles. The van der Waals surface area contributed by atoms with Crippen LogP contribution in [0.3, 0.4) is 0 Å². The summed E-state index contributed by atoms with van der Waals surface area (Å²) in [6.07, 6.45) is -2.79. The molecule has 1 aliphatic rings. The normalized spacial score (nSPS) is 16.0. The van der Waals surface area contributed by atoms with Crippen molar-refractivity contribution in [3.63, 3.8) is 0 Å². The largest absolute Gasteiger partial charge is 0.416 e. The van der Waals surface area contributed by atoms with Crippen LogP contribution < -0.4 is 5.32 Å². The number of hydrogen-bond donors (Lipinski definition) is 1. The van der Waals surface area contributed by atoms with Crippen LogP contribution in [0.25, 0.3) is 0 Å². The first-order valence-corrected chi connectivity index (χ1v) is 8.69. The summed E-state index contributed by atoms with van der Waals surface area (Å²) in [4.78, 5) is 8.57. The summed E-state index contributed by atoms with van der Waals surface area (Å²) in [6.45, 7) is 4.02. The van der Waals surface area contributed by atoms with Gasteiger partial charge in [0, 0.05) is 45.8 Å². The van der Waals surface area contributed by atoms with Gasteiger partial charge in [-0.15, -0.1) is 24.0 Å². The van der Waals surface area contributed by atoms with Crippen molar-refractivity contribution in [1.82, 2.24) is 20.3 Å². The summed E-state index contributed by atoms with van der Waals surface area (Å²) in [6, 6.07) is 7.31. The quantitative estimate of drug-likeness (QED) is 0.390. The highest BCUT2D eigenvalue weighted by Gasteiger charge is 2.30. The lowest BCUT2D eigenvalue weighted by Gasteiger charge is -2.36. The van der Waals surface area contributed by atoms with E-state index in [9.17, 15) is 13.2 Å². The fourth-order valence-corrected chi connectivity index (χ4v) is 3.05. The van der Waals surface area contributed by atoms with Gasteiger partial charge in [-0.1, -0.05) is 23.4 Å². The van der Waals surface area contributed by atoms with Crippen LogP contribution in [0.15, 0.2) is 46.1 Å². The maximum atomic E-state index is 12.8. The molecule has 1 N–H and O–H groups in total. The van der Waals surface area contributed by atoms with Crippen LogP contribution in [0.2, 0.25) is 0 Å². The standard InChI is InChI=1S/C18H22F3N5O.HI/c1-22-17(23-12-16-5-10-27-24-16)26-8-6-25(7-9-26)13-14-3-2-4-15(11-14)18(19,20)21;/h2-5,10-11H,6-9,12-13H2,1H3,(H,22,23);1H. The third kappa shape index (κ3) is 6.09. The number of piperazine rings is 1. The highest BCUT2D eigenvalue weighted by molar-refractivity contribution is 14.0. The monoisotopic (exact) mass is 509 g/mol. The third-order valence-corrected chi connectivity index (χ3v) is 4.46. The molecule has 1 fully saturated rings. The molecule has 0 aliphatic carbocycles. The fraction of sp³-hybridized carbons (Fsp3) is 0.444. The number of alkyl halides is 3. The van der Waals surface area contributed by atoms with E-state index >= 15 is 0 Å². The molecule has 6 nitrogen and oxygen atoms in total. The highest BCUT2D eigenvalue weighted by Crippen LogP contribution is 2.29. The Kier molecular flexibility index (Phi) is 8.10. The first kappa shape index (κ1) is 22.5. The number of nitrogens with zero attached hydrogens (tertiary/aromatic N) is 4. The van der Waals surface area contributed by atoms with Gasteiger partial charge in [-0.2, -0.15) is 13.2 Å². The Morgan fingerprint density at radius 2 is 1.96 bits per heavy atom. The summed E-state index contributed by atoms with van der Waals surface area (Å²) in [5.74, 6) is 0.775. The van der Waals surface area contributed by atoms with Gasteiger partial charge in [-0.05, 0) is 11.6 Å². The van der Waals surface area contributed by atoms with Crippen molar-refractivity contribution in [2.45, 2.75) is 19.3 Å². The van der Waals surface area contributed by atoms with Gasteiger partial charge in [-0.25, -0.2) is 0 Å². The average Bonchev–Trinajstić information content (AvgIpc) is 3.17. The SMILES string of the molecule is CN=C(NCc1ccon1)N1CCN(Cc2cccc(C(F)(F)F)c2)CC1.I. The van der Waals surface area contributed by atoms with E-state index in [0.717, 1.165) is 43.9 Å². The van der Waals surface area contributed by atoms with Gasteiger partial charge in [0.05, 0.1) is 12.1 Å². The molecule has 2 aromatic rings. The second-order valence-corrected chi connectivity index (χ2v) is 6.35. The average molecular weight is 509 g/mol. The van der Waals surface area contributed by atoms with E-state index in [1.54, 1.807) is 19.2 Å². The predicted molar refractivity (Wildman–Crippen MR) is 110 cm³/mol. The third-order valence-electron chi connectivity index (χ3n) is 4.46. The van der Waals surface area contributed by atoms with E-state index in [2.05, 4.69) is 25.3 Å². The fourth-order valence-electron chi connectivity index (χ4n) is 3.05. The molecule has 28 heavy (non-hydrogen) atoms. The molecule has 0 atom stereocenters. The molecule has 2 heterocycles. The van der Waals surface area contributed by atoms with Gasteiger partial charge in [0.15, 0.2) is 5.96 Å². The van der Waals surface area contributed by atoms with Gasteiger partial charge < -0.3 is 14.7 Å². The smallest absolute Gasteiger partial charge is 0.364 e. The highest BCUT2D eigenvalue weighted by atomic mass is 127. The van der Waals surface area contributed by atoms with Crippen LogP contribution in [0.1, 0.15) is 16.8 Å². The van der Waals surface area contributed by atoms with Crippen LogP contribution in [0, 0.1) is 0 Å². The summed E-state index contributed by atoms with van der Waals surface area (Å²) < 4.78 is 43.4. The van der Waals surface area contributed by atoms with Crippen LogP contribution in [0.4, 0.5) is 13.2 Å². The van der Waals surface area contributed by atoms with E-state index in [-0.39, 0.29) is 24.0 Å². The Morgan fingerprint density at radius 3 is 2.57 bits per heavy atom. The summed E-state index contributed by atoms with van der Waals surface area (Å²) in [5, 5.41) is 7.09. The number of aliphatic imine (C=N–C) groups is 1. The minimum Gasteiger partial charge on any atom is -0.364 e. The Bertz CT molecular complexity index is 759. The van der Waals surface area contributed by atoms with E-state index in [4.69, 9.17) is 4.52 Å². The van der Waals surface area contributed by atoms with Gasteiger partial charge in [0.1, 0.15) is 12.0 Å². The lowest BCUT2D eigenvalue weighted by Crippen LogP contribution is -2.52. The maximum absolute atomic E-state index is 12.8. The second kappa shape index (κ2) is 10.1. The van der Waals surface area contributed by atoms with E-state index in [1.807, 2.05) is 0 Å². The van der Waals surface area contributed by atoms with Crippen molar-refractivity contribution in [3.05, 3.63) is 53.4 Å². The van der Waals surface area contributed by atoms with Crippen LogP contribution in [-0.4, -0.2) is 54.1 Å². The van der Waals surface area contributed by atoms with Crippen molar-refractivity contribution >= 4 is 29.9 Å². The number of benzene rings is 1. The van der Waals surface area contributed by atoms with E-state index < -0.39 is 11.7 Å². The Labute approximate surface area is 178 Å². The summed E-state index contributed by atoms with van der Waals surface area (Å²) >= 11 is 0. The number of nitrogens with one attached hydrogen (secondary N) is 1. The minimum absolute atomic E-state index is 0. The lowest BCUT2D eigenvalue weighted by molar-refractivity contribution is -0.137. The Balaban J connectivity index is 0.00000280. The first-order chi connectivity index (χ1) is 13.0. The van der Waals surface area contributed by atoms with Crippen LogP contribution in [-0.2, 0) is 19.3 Å². The maximum Gasteiger partial charge on any atom is 0.416 e. The molecule has 1 saturated heterocycles. The molecule has 1 aliphatic heterocycles. The molecule has 154 valence electrons. The van der Waals surface area contributed by atoms with Crippen LogP contribution in [0.5, 0.6) is 0 Å². The molecular weight excluding hydrogens is 486 g/mol. The zero-order valence-corrected chi connectivity index (χ0v) is 17.8. The number of halogens is 4. The number of guanidine groups is 1. The van der Waals surface area contributed by atoms with E-state index in [0.29, 0.717) is 18.7 Å². The lowest BCUT2D eigenvalue weighted by atomic mass is 10.1. The van der Waals surface area contributed by atoms with Gasteiger partial charge in [-0.3, -0.25) is 9.89 Å². The number of rotatable bonds is 4. The Hall–Kier alpha value is -1.82. The molecular formula is C18H23F3IN5O. The molecule has 0 saturated carbocycles. The minimum atomic E-state index is -4.31. The van der Waals surface area contributed by atoms with Gasteiger partial charge in [0.2, 0.25) is 0 Å². The van der Waals surface area contributed by atoms with Gasteiger partial charge >= 0.3 is 6.18 Å². The Morgan fingerprint density at radius 1 is 1.21 bits per heavy atom. The number of aromatic nitrogens is 1. The molecule has 0 bridgehead atoms. The van der Waals surface area contributed by atoms with Crippen molar-refractivity contribution in [2.75, 3.05) is 33.2 Å². The van der Waals surface area contributed by atoms with Crippen molar-refractivity contribution in [3.8, 4) is 0 Å². The number of hydrogen-bond acceptors (Lipinski definition) is 4. The van der Waals surface area contributed by atoms with Crippen molar-refractivity contribution in [2.24, 2.45) is 4.99 Å². The second-order valence-electron chi connectivity index (χ2n) is 6.35. The zero-order chi connectivity index (χ0) is 19.3. The van der Waals surface area contributed by atoms with E-state index in [1.165, 1.54) is 18.4 Å². The van der Waals surface area contributed by atoms with Crippen molar-refractivity contribution < 1.29 is 17.7 Å².